The summed E-state index contributed by atoms with van der Waals surface area (Å²) >= 11 is 1.28. The normalized spacial score (nSPS) is 12.2. The number of hydrogen-bond donors (Lipinski definition) is 2. The first kappa shape index (κ1) is 18.0. The van der Waals surface area contributed by atoms with Gasteiger partial charge in [0.2, 0.25) is 5.91 Å². The Morgan fingerprint density at radius 1 is 1.25 bits per heavy atom. The fourth-order valence-electron chi connectivity index (χ4n) is 2.20. The molecule has 1 heterocycles. The van der Waals surface area contributed by atoms with Crippen LogP contribution in [-0.2, 0) is 11.3 Å². The predicted molar refractivity (Wildman–Crippen MR) is 92.5 cm³/mol. The van der Waals surface area contributed by atoms with E-state index in [0.29, 0.717) is 11.7 Å². The third kappa shape index (κ3) is 4.58. The van der Waals surface area contributed by atoms with Crippen LogP contribution in [0, 0.1) is 12.8 Å². The van der Waals surface area contributed by atoms with Crippen LogP contribution in [0.1, 0.15) is 25.2 Å². The van der Waals surface area contributed by atoms with E-state index in [-0.39, 0.29) is 5.92 Å². The molecule has 1 aromatic heterocycles. The van der Waals surface area contributed by atoms with Gasteiger partial charge < -0.3 is 10.3 Å². The highest BCUT2D eigenvalue weighted by molar-refractivity contribution is 8.00. The molecular weight excluding hydrogens is 326 g/mol. The van der Waals surface area contributed by atoms with E-state index in [1.54, 1.807) is 0 Å². The van der Waals surface area contributed by atoms with Gasteiger partial charge in [-0.3, -0.25) is 10.1 Å². The number of aryl methyl sites for hydroxylation is 1. The molecule has 128 valence electrons. The maximum Gasteiger partial charge on any atom is 0.318 e. The zero-order valence-corrected chi connectivity index (χ0v) is 14.7. The van der Waals surface area contributed by atoms with Gasteiger partial charge in [-0.05, 0) is 18.4 Å². The topological polar surface area (TPSA) is 103 Å². The molecule has 0 fully saturated rings. The quantitative estimate of drug-likeness (QED) is 0.778. The highest BCUT2D eigenvalue weighted by atomic mass is 32.2. The number of aromatic nitrogens is 3. The second-order valence-electron chi connectivity index (χ2n) is 5.74. The van der Waals surface area contributed by atoms with Crippen LogP contribution in [0.5, 0.6) is 0 Å². The molecule has 0 unspecified atom stereocenters. The van der Waals surface area contributed by atoms with E-state index in [4.69, 9.17) is 5.73 Å². The predicted octanol–water partition coefficient (Wildman–Crippen LogP) is 1.95. The maximum absolute atomic E-state index is 12.2. The molecule has 7 nitrogen and oxygen atoms in total. The van der Waals surface area contributed by atoms with Crippen LogP contribution in [0.4, 0.5) is 4.79 Å². The van der Waals surface area contributed by atoms with E-state index in [1.165, 1.54) is 11.8 Å². The first-order valence-electron chi connectivity index (χ1n) is 7.59. The molecule has 2 aromatic rings. The molecule has 0 saturated heterocycles. The van der Waals surface area contributed by atoms with Crippen molar-refractivity contribution in [1.29, 1.82) is 0 Å². The molecule has 24 heavy (non-hydrogen) atoms. The molecule has 0 aliphatic rings. The van der Waals surface area contributed by atoms with E-state index in [0.717, 1.165) is 11.4 Å². The summed E-state index contributed by atoms with van der Waals surface area (Å²) in [6.07, 6.45) is 0. The standard InChI is InChI=1S/C16H21N5O2S/c1-10(2)13(14(22)18-15(17)23)24-16-20-19-11(3)21(16)9-12-7-5-4-6-8-12/h4-8,10,13H,9H2,1-3H3,(H3,17,18,22,23)/t13-/m0/s1. The van der Waals surface area contributed by atoms with Crippen LogP contribution in [-0.4, -0.2) is 32.0 Å². The lowest BCUT2D eigenvalue weighted by Crippen LogP contribution is -2.42. The van der Waals surface area contributed by atoms with Crippen molar-refractivity contribution in [3.8, 4) is 0 Å². The molecule has 0 spiro atoms. The summed E-state index contributed by atoms with van der Waals surface area (Å²) in [5, 5.41) is 10.6. The van der Waals surface area contributed by atoms with Crippen LogP contribution >= 0.6 is 11.8 Å². The Balaban J connectivity index is 2.22. The van der Waals surface area contributed by atoms with Gasteiger partial charge in [-0.25, -0.2) is 4.79 Å². The van der Waals surface area contributed by atoms with Crippen molar-refractivity contribution in [1.82, 2.24) is 20.1 Å². The van der Waals surface area contributed by atoms with Crippen LogP contribution in [0.25, 0.3) is 0 Å². The minimum absolute atomic E-state index is 0.00321. The van der Waals surface area contributed by atoms with Gasteiger partial charge in [-0.2, -0.15) is 0 Å². The van der Waals surface area contributed by atoms with Crippen molar-refractivity contribution in [2.24, 2.45) is 11.7 Å². The van der Waals surface area contributed by atoms with Gasteiger partial charge >= 0.3 is 6.03 Å². The lowest BCUT2D eigenvalue weighted by atomic mass is 10.1. The van der Waals surface area contributed by atoms with Gasteiger partial charge in [0.25, 0.3) is 0 Å². The number of carbonyl (C=O) groups excluding carboxylic acids is 2. The van der Waals surface area contributed by atoms with E-state index in [1.807, 2.05) is 55.7 Å². The van der Waals surface area contributed by atoms with E-state index >= 15 is 0 Å². The molecule has 0 saturated carbocycles. The molecular formula is C16H21N5O2S. The summed E-state index contributed by atoms with van der Waals surface area (Å²) in [5.74, 6) is 0.338. The van der Waals surface area contributed by atoms with Gasteiger partial charge in [0.1, 0.15) is 5.82 Å². The maximum atomic E-state index is 12.2. The monoisotopic (exact) mass is 347 g/mol. The third-order valence-electron chi connectivity index (χ3n) is 3.43. The number of urea groups is 1. The summed E-state index contributed by atoms with van der Waals surface area (Å²) in [4.78, 5) is 23.1. The first-order chi connectivity index (χ1) is 11.4. The van der Waals surface area contributed by atoms with Crippen molar-refractivity contribution in [3.63, 3.8) is 0 Å². The van der Waals surface area contributed by atoms with Crippen molar-refractivity contribution < 1.29 is 9.59 Å². The van der Waals surface area contributed by atoms with Crippen LogP contribution in [0.3, 0.4) is 0 Å². The summed E-state index contributed by atoms with van der Waals surface area (Å²) in [6, 6.07) is 9.09. The van der Waals surface area contributed by atoms with Gasteiger partial charge in [-0.1, -0.05) is 55.9 Å². The number of carbonyl (C=O) groups is 2. The highest BCUT2D eigenvalue weighted by Gasteiger charge is 2.27. The fraction of sp³-hybridized carbons (Fsp3) is 0.375. The molecule has 0 radical (unpaired) electrons. The lowest BCUT2D eigenvalue weighted by Gasteiger charge is -2.18. The van der Waals surface area contributed by atoms with Crippen molar-refractivity contribution in [3.05, 3.63) is 41.7 Å². The number of benzene rings is 1. The minimum Gasteiger partial charge on any atom is -0.351 e. The number of imide groups is 1. The Morgan fingerprint density at radius 3 is 2.50 bits per heavy atom. The molecule has 0 aliphatic carbocycles. The zero-order valence-electron chi connectivity index (χ0n) is 13.9. The Kier molecular flexibility index (Phi) is 5.97. The number of nitrogens with one attached hydrogen (secondary N) is 1. The average molecular weight is 347 g/mol. The van der Waals surface area contributed by atoms with Crippen molar-refractivity contribution >= 4 is 23.7 Å². The largest absolute Gasteiger partial charge is 0.351 e. The minimum atomic E-state index is -0.854. The number of hydrogen-bond acceptors (Lipinski definition) is 5. The molecule has 2 rings (SSSR count). The van der Waals surface area contributed by atoms with E-state index in [9.17, 15) is 9.59 Å². The molecule has 1 aromatic carbocycles. The number of nitrogens with zero attached hydrogens (tertiary/aromatic N) is 3. The van der Waals surface area contributed by atoms with Crippen LogP contribution in [0.15, 0.2) is 35.5 Å². The van der Waals surface area contributed by atoms with Gasteiger partial charge in [0.15, 0.2) is 5.16 Å². The van der Waals surface area contributed by atoms with Gasteiger partial charge in [0, 0.05) is 0 Å². The Bertz CT molecular complexity index is 715. The molecule has 3 amide bonds. The summed E-state index contributed by atoms with van der Waals surface area (Å²) in [7, 11) is 0. The molecule has 8 heteroatoms. The van der Waals surface area contributed by atoms with Crippen LogP contribution < -0.4 is 11.1 Å². The average Bonchev–Trinajstić information content (AvgIpc) is 2.85. The Morgan fingerprint density at radius 2 is 1.92 bits per heavy atom. The van der Waals surface area contributed by atoms with Crippen molar-refractivity contribution in [2.45, 2.75) is 37.7 Å². The summed E-state index contributed by atoms with van der Waals surface area (Å²) in [5.41, 5.74) is 6.16. The molecule has 0 bridgehead atoms. The van der Waals surface area contributed by atoms with E-state index < -0.39 is 17.2 Å². The fourth-order valence-corrected chi connectivity index (χ4v) is 3.27. The number of amides is 3. The smallest absolute Gasteiger partial charge is 0.318 e. The van der Waals surface area contributed by atoms with Crippen molar-refractivity contribution in [2.75, 3.05) is 0 Å². The first-order valence-corrected chi connectivity index (χ1v) is 8.47. The Labute approximate surface area is 145 Å². The second kappa shape index (κ2) is 7.96. The number of rotatable bonds is 6. The Hall–Kier alpha value is -2.35. The lowest BCUT2D eigenvalue weighted by molar-refractivity contribution is -0.120. The number of thioether (sulfide) groups is 1. The SMILES string of the molecule is Cc1nnc(S[C@H](C(=O)NC(N)=O)C(C)C)n1Cc1ccccc1. The molecule has 1 atom stereocenters. The number of nitrogens with two attached hydrogens (primary N) is 1. The van der Waals surface area contributed by atoms with E-state index in [2.05, 4.69) is 15.5 Å². The van der Waals surface area contributed by atoms with Gasteiger partial charge in [0.05, 0.1) is 11.8 Å². The van der Waals surface area contributed by atoms with Crippen LogP contribution in [0.2, 0.25) is 0 Å². The number of primary amides is 1. The third-order valence-corrected chi connectivity index (χ3v) is 4.95. The second-order valence-corrected chi connectivity index (χ2v) is 6.85. The summed E-state index contributed by atoms with van der Waals surface area (Å²) in [6.45, 7) is 6.30. The molecule has 3 N–H and O–H groups in total. The zero-order chi connectivity index (χ0) is 17.7. The van der Waals surface area contributed by atoms with Gasteiger partial charge in [-0.15, -0.1) is 10.2 Å². The summed E-state index contributed by atoms with van der Waals surface area (Å²) < 4.78 is 1.95. The highest BCUT2D eigenvalue weighted by Crippen LogP contribution is 2.28. The molecule has 0 aliphatic heterocycles.